The smallest absolute Gasteiger partial charge is 0.194 e. The van der Waals surface area contributed by atoms with Gasteiger partial charge in [0, 0.05) is 39.5 Å². The van der Waals surface area contributed by atoms with Crippen molar-refractivity contribution in [3.05, 3.63) is 54.0 Å². The first-order chi connectivity index (χ1) is 15.7. The molecule has 1 aliphatic heterocycles. The number of rotatable bonds is 8. The van der Waals surface area contributed by atoms with Gasteiger partial charge in [-0.05, 0) is 31.7 Å². The quantitative estimate of drug-likeness (QED) is 0.187. The van der Waals surface area contributed by atoms with Crippen molar-refractivity contribution < 1.29 is 0 Å². The summed E-state index contributed by atoms with van der Waals surface area (Å²) in [5, 5.41) is 12.2. The SMILES string of the molecule is CCNC(=NCCCc1nnc2n1CCCCC2)N(C)Cc1ncc(-c2ccccc2)[nH]1.I. The van der Waals surface area contributed by atoms with Crippen molar-refractivity contribution in [3.63, 3.8) is 0 Å². The van der Waals surface area contributed by atoms with Gasteiger partial charge in [-0.2, -0.15) is 0 Å². The minimum absolute atomic E-state index is 0. The first-order valence-corrected chi connectivity index (χ1v) is 11.7. The number of imidazole rings is 1. The number of aromatic nitrogens is 5. The molecule has 0 aliphatic carbocycles. The van der Waals surface area contributed by atoms with E-state index in [2.05, 4.69) is 54.0 Å². The van der Waals surface area contributed by atoms with Crippen LogP contribution in [0.2, 0.25) is 0 Å². The Morgan fingerprint density at radius 1 is 1.18 bits per heavy atom. The number of guanidine groups is 1. The average Bonchev–Trinajstić information content (AvgIpc) is 3.36. The van der Waals surface area contributed by atoms with Gasteiger partial charge in [0.2, 0.25) is 0 Å². The molecule has 0 radical (unpaired) electrons. The molecule has 4 rings (SSSR count). The molecule has 33 heavy (non-hydrogen) atoms. The van der Waals surface area contributed by atoms with E-state index in [-0.39, 0.29) is 24.0 Å². The van der Waals surface area contributed by atoms with E-state index >= 15 is 0 Å². The van der Waals surface area contributed by atoms with Gasteiger partial charge in [-0.1, -0.05) is 36.8 Å². The zero-order valence-corrected chi connectivity index (χ0v) is 22.0. The molecule has 1 aliphatic rings. The molecule has 0 unspecified atom stereocenters. The summed E-state index contributed by atoms with van der Waals surface area (Å²) >= 11 is 0. The van der Waals surface area contributed by atoms with Crippen LogP contribution in [0.3, 0.4) is 0 Å². The first-order valence-electron chi connectivity index (χ1n) is 11.7. The fraction of sp³-hybridized carbons (Fsp3) is 0.500. The van der Waals surface area contributed by atoms with Crippen LogP contribution in [0.25, 0.3) is 11.3 Å². The maximum atomic E-state index is 4.84. The molecule has 1 aromatic carbocycles. The summed E-state index contributed by atoms with van der Waals surface area (Å²) in [4.78, 5) is 14.9. The first kappa shape index (κ1) is 25.2. The minimum atomic E-state index is 0. The molecule has 0 amide bonds. The van der Waals surface area contributed by atoms with Gasteiger partial charge in [0.05, 0.1) is 18.4 Å². The third-order valence-electron chi connectivity index (χ3n) is 5.80. The van der Waals surface area contributed by atoms with E-state index in [0.29, 0.717) is 6.54 Å². The Balaban J connectivity index is 0.00000306. The Hall–Kier alpha value is -2.43. The Labute approximate surface area is 213 Å². The number of fused-ring (bicyclic) bond motifs is 1. The maximum Gasteiger partial charge on any atom is 0.194 e. The highest BCUT2D eigenvalue weighted by Crippen LogP contribution is 2.17. The molecule has 3 aromatic rings. The molecule has 8 nitrogen and oxygen atoms in total. The lowest BCUT2D eigenvalue weighted by atomic mass is 10.2. The third-order valence-corrected chi connectivity index (χ3v) is 5.80. The second-order valence-corrected chi connectivity index (χ2v) is 8.30. The molecule has 2 aromatic heterocycles. The number of hydrogen-bond acceptors (Lipinski definition) is 4. The molecule has 2 N–H and O–H groups in total. The molecule has 0 spiro atoms. The van der Waals surface area contributed by atoms with Gasteiger partial charge in [0.15, 0.2) is 5.96 Å². The van der Waals surface area contributed by atoms with E-state index in [9.17, 15) is 0 Å². The largest absolute Gasteiger partial charge is 0.357 e. The third kappa shape index (κ3) is 6.78. The fourth-order valence-corrected chi connectivity index (χ4v) is 4.13. The van der Waals surface area contributed by atoms with Gasteiger partial charge in [-0.25, -0.2) is 4.98 Å². The van der Waals surface area contributed by atoms with Crippen LogP contribution < -0.4 is 5.32 Å². The lowest BCUT2D eigenvalue weighted by Gasteiger charge is -2.21. The number of nitrogens with zero attached hydrogens (tertiary/aromatic N) is 6. The molecular weight excluding hydrogens is 527 g/mol. The highest BCUT2D eigenvalue weighted by atomic mass is 127. The number of aliphatic imine (C=N–C) groups is 1. The van der Waals surface area contributed by atoms with Gasteiger partial charge < -0.3 is 19.8 Å². The van der Waals surface area contributed by atoms with E-state index < -0.39 is 0 Å². The lowest BCUT2D eigenvalue weighted by Crippen LogP contribution is -2.38. The van der Waals surface area contributed by atoms with E-state index in [4.69, 9.17) is 4.99 Å². The molecule has 3 heterocycles. The predicted octanol–water partition coefficient (Wildman–Crippen LogP) is 4.04. The van der Waals surface area contributed by atoms with Gasteiger partial charge in [-0.3, -0.25) is 4.99 Å². The summed E-state index contributed by atoms with van der Waals surface area (Å²) < 4.78 is 2.33. The van der Waals surface area contributed by atoms with Crippen LogP contribution in [0.1, 0.15) is 50.1 Å². The van der Waals surface area contributed by atoms with Crippen molar-refractivity contribution in [3.8, 4) is 11.3 Å². The van der Waals surface area contributed by atoms with Crippen LogP contribution in [-0.2, 0) is 25.9 Å². The Bertz CT molecular complexity index is 1010. The van der Waals surface area contributed by atoms with E-state index in [0.717, 1.165) is 73.6 Å². The summed E-state index contributed by atoms with van der Waals surface area (Å²) in [5.41, 5.74) is 2.17. The van der Waals surface area contributed by atoms with E-state index in [1.165, 1.54) is 19.3 Å². The van der Waals surface area contributed by atoms with Gasteiger partial charge in [-0.15, -0.1) is 34.2 Å². The summed E-state index contributed by atoms with van der Waals surface area (Å²) in [6.45, 7) is 5.39. The van der Waals surface area contributed by atoms with Crippen LogP contribution in [-0.4, -0.2) is 55.7 Å². The number of halogens is 1. The standard InChI is InChI=1S/C24H34N8.HI/c1-3-25-24(26-15-10-14-23-30-29-22-13-8-5-9-16-32(22)23)31(2)18-21-27-17-20(28-21)19-11-6-4-7-12-19;/h4,6-7,11-12,17H,3,5,8-10,13-16,18H2,1-2H3,(H,25,26)(H,27,28);1H. The van der Waals surface area contributed by atoms with Gasteiger partial charge >= 0.3 is 0 Å². The van der Waals surface area contributed by atoms with Gasteiger partial charge in [0.25, 0.3) is 0 Å². The number of hydrogen-bond donors (Lipinski definition) is 2. The summed E-state index contributed by atoms with van der Waals surface area (Å²) in [7, 11) is 2.05. The number of aryl methyl sites for hydroxylation is 2. The molecule has 0 saturated heterocycles. The van der Waals surface area contributed by atoms with Crippen molar-refractivity contribution in [2.45, 2.75) is 58.5 Å². The molecule has 0 saturated carbocycles. The number of H-pyrrole nitrogens is 1. The monoisotopic (exact) mass is 562 g/mol. The summed E-state index contributed by atoms with van der Waals surface area (Å²) in [6, 6.07) is 10.3. The predicted molar refractivity (Wildman–Crippen MR) is 143 cm³/mol. The maximum absolute atomic E-state index is 4.84. The van der Waals surface area contributed by atoms with Crippen LogP contribution in [0.4, 0.5) is 0 Å². The lowest BCUT2D eigenvalue weighted by molar-refractivity contribution is 0.463. The normalized spacial score (nSPS) is 13.7. The van der Waals surface area contributed by atoms with Gasteiger partial charge in [0.1, 0.15) is 17.5 Å². The number of aromatic amines is 1. The van der Waals surface area contributed by atoms with E-state index in [1.54, 1.807) is 0 Å². The summed E-state index contributed by atoms with van der Waals surface area (Å²) in [5.74, 6) is 4.08. The second-order valence-electron chi connectivity index (χ2n) is 8.30. The zero-order chi connectivity index (χ0) is 22.2. The van der Waals surface area contributed by atoms with Crippen LogP contribution in [0.5, 0.6) is 0 Å². The molecule has 9 heteroatoms. The van der Waals surface area contributed by atoms with Crippen LogP contribution >= 0.6 is 24.0 Å². The minimum Gasteiger partial charge on any atom is -0.357 e. The highest BCUT2D eigenvalue weighted by Gasteiger charge is 2.14. The molecule has 0 bridgehead atoms. The van der Waals surface area contributed by atoms with Crippen molar-refractivity contribution >= 4 is 29.9 Å². The Morgan fingerprint density at radius 3 is 2.85 bits per heavy atom. The van der Waals surface area contributed by atoms with Crippen molar-refractivity contribution in [2.24, 2.45) is 4.99 Å². The van der Waals surface area contributed by atoms with Crippen molar-refractivity contribution in [2.75, 3.05) is 20.1 Å². The Morgan fingerprint density at radius 2 is 2.03 bits per heavy atom. The highest BCUT2D eigenvalue weighted by molar-refractivity contribution is 14.0. The summed E-state index contributed by atoms with van der Waals surface area (Å²) in [6.07, 6.45) is 8.56. The topological polar surface area (TPSA) is 87.0 Å². The Kier molecular flexibility index (Phi) is 9.71. The molecule has 178 valence electrons. The zero-order valence-electron chi connectivity index (χ0n) is 19.6. The van der Waals surface area contributed by atoms with Crippen molar-refractivity contribution in [1.29, 1.82) is 0 Å². The average molecular weight is 563 g/mol. The number of nitrogens with one attached hydrogen (secondary N) is 2. The van der Waals surface area contributed by atoms with Crippen LogP contribution in [0, 0.1) is 0 Å². The van der Waals surface area contributed by atoms with E-state index in [1.807, 2.05) is 31.4 Å². The number of benzene rings is 1. The van der Waals surface area contributed by atoms with Crippen molar-refractivity contribution in [1.82, 2.24) is 34.9 Å². The molecular formula is C24H35IN8. The molecule has 0 atom stereocenters. The molecule has 0 fully saturated rings. The van der Waals surface area contributed by atoms with Crippen LogP contribution in [0.15, 0.2) is 41.5 Å². The fourth-order valence-electron chi connectivity index (χ4n) is 4.13. The second kappa shape index (κ2) is 12.7.